The van der Waals surface area contributed by atoms with Crippen molar-refractivity contribution in [1.82, 2.24) is 15.0 Å². The van der Waals surface area contributed by atoms with E-state index in [0.717, 1.165) is 42.3 Å². The first-order valence-electron chi connectivity index (χ1n) is 9.85. The van der Waals surface area contributed by atoms with Crippen molar-refractivity contribution >= 4 is 11.6 Å². The molecule has 1 fully saturated rings. The molecule has 8 heteroatoms. The second-order valence-electron chi connectivity index (χ2n) is 7.61. The molecule has 0 spiro atoms. The highest BCUT2D eigenvalue weighted by atomic mass is 19.4. The van der Waals surface area contributed by atoms with E-state index < -0.39 is 11.7 Å². The molecule has 3 heterocycles. The minimum atomic E-state index is -4.37. The summed E-state index contributed by atoms with van der Waals surface area (Å²) in [5.74, 6) is 2.06. The summed E-state index contributed by atoms with van der Waals surface area (Å²) in [7, 11) is 0. The Hall–Kier alpha value is -2.38. The zero-order valence-corrected chi connectivity index (χ0v) is 15.7. The molecule has 28 heavy (non-hydrogen) atoms. The van der Waals surface area contributed by atoms with E-state index in [0.29, 0.717) is 24.8 Å². The molecule has 0 amide bonds. The lowest BCUT2D eigenvalue weighted by atomic mass is 9.89. The zero-order chi connectivity index (χ0) is 19.6. The monoisotopic (exact) mass is 391 g/mol. The summed E-state index contributed by atoms with van der Waals surface area (Å²) < 4.78 is 38.3. The van der Waals surface area contributed by atoms with Crippen LogP contribution in [0.15, 0.2) is 24.7 Å². The fraction of sp³-hybridized carbons (Fsp3) is 0.550. The molecule has 1 aliphatic heterocycles. The number of halogens is 3. The fourth-order valence-corrected chi connectivity index (χ4v) is 4.06. The maximum absolute atomic E-state index is 12.8. The number of aromatic nitrogens is 3. The van der Waals surface area contributed by atoms with Crippen LogP contribution in [0.2, 0.25) is 0 Å². The van der Waals surface area contributed by atoms with Gasteiger partial charge in [0.1, 0.15) is 18.0 Å². The van der Waals surface area contributed by atoms with Crippen LogP contribution < -0.4 is 10.2 Å². The summed E-state index contributed by atoms with van der Waals surface area (Å²) in [6.07, 6.45) is 5.26. The molecule has 4 rings (SSSR count). The lowest BCUT2D eigenvalue weighted by Gasteiger charge is -2.30. The van der Waals surface area contributed by atoms with Gasteiger partial charge < -0.3 is 10.2 Å². The Balaban J connectivity index is 1.47. The third-order valence-corrected chi connectivity index (χ3v) is 5.68. The molecular formula is C20H24F3N5. The Morgan fingerprint density at radius 1 is 1.07 bits per heavy atom. The molecule has 1 saturated carbocycles. The second-order valence-corrected chi connectivity index (χ2v) is 7.61. The molecule has 0 atom stereocenters. The topological polar surface area (TPSA) is 53.9 Å². The third-order valence-electron chi connectivity index (χ3n) is 5.68. The van der Waals surface area contributed by atoms with Crippen molar-refractivity contribution in [1.29, 1.82) is 0 Å². The van der Waals surface area contributed by atoms with E-state index in [1.165, 1.54) is 38.2 Å². The first kappa shape index (κ1) is 19.0. The van der Waals surface area contributed by atoms with Gasteiger partial charge in [0.05, 0.1) is 11.3 Å². The summed E-state index contributed by atoms with van der Waals surface area (Å²) in [6, 6.07) is 2.52. The average molecular weight is 391 g/mol. The van der Waals surface area contributed by atoms with Crippen LogP contribution in [0.3, 0.4) is 0 Å². The van der Waals surface area contributed by atoms with E-state index in [1.54, 1.807) is 6.33 Å². The van der Waals surface area contributed by atoms with E-state index in [4.69, 9.17) is 0 Å². The SMILES string of the molecule is FC(F)(F)c1ccc(N2CCc3ncnc(NCC4CCCCC4)c3C2)nc1. The van der Waals surface area contributed by atoms with Crippen molar-refractivity contribution in [3.05, 3.63) is 41.5 Å². The van der Waals surface area contributed by atoms with Gasteiger partial charge in [-0.05, 0) is 30.9 Å². The first-order chi connectivity index (χ1) is 13.5. The predicted molar refractivity (Wildman–Crippen MR) is 101 cm³/mol. The molecule has 1 N–H and O–H groups in total. The van der Waals surface area contributed by atoms with Gasteiger partial charge in [0.15, 0.2) is 0 Å². The molecule has 0 bridgehead atoms. The predicted octanol–water partition coefficient (Wildman–Crippen LogP) is 4.45. The first-order valence-corrected chi connectivity index (χ1v) is 9.85. The third kappa shape index (κ3) is 4.20. The van der Waals surface area contributed by atoms with Gasteiger partial charge in [0.2, 0.25) is 0 Å². The Bertz CT molecular complexity index is 800. The quantitative estimate of drug-likeness (QED) is 0.835. The highest BCUT2D eigenvalue weighted by molar-refractivity contribution is 5.52. The Kier molecular flexibility index (Phi) is 5.37. The molecule has 0 radical (unpaired) electrons. The van der Waals surface area contributed by atoms with Crippen LogP contribution in [-0.2, 0) is 19.1 Å². The summed E-state index contributed by atoms with van der Waals surface area (Å²) in [5, 5.41) is 3.50. The Morgan fingerprint density at radius 2 is 1.89 bits per heavy atom. The van der Waals surface area contributed by atoms with Gasteiger partial charge in [-0.2, -0.15) is 13.2 Å². The van der Waals surface area contributed by atoms with Crippen molar-refractivity contribution in [3.63, 3.8) is 0 Å². The summed E-state index contributed by atoms with van der Waals surface area (Å²) in [5.41, 5.74) is 1.29. The maximum Gasteiger partial charge on any atom is 0.417 e. The molecule has 150 valence electrons. The lowest BCUT2D eigenvalue weighted by molar-refractivity contribution is -0.137. The minimum absolute atomic E-state index is 0.542. The van der Waals surface area contributed by atoms with E-state index in [1.807, 2.05) is 4.90 Å². The maximum atomic E-state index is 12.8. The van der Waals surface area contributed by atoms with Gasteiger partial charge in [-0.25, -0.2) is 15.0 Å². The molecule has 0 unspecified atom stereocenters. The molecule has 2 aromatic rings. The van der Waals surface area contributed by atoms with Crippen LogP contribution in [0, 0.1) is 5.92 Å². The summed E-state index contributed by atoms with van der Waals surface area (Å²) in [4.78, 5) is 14.9. The van der Waals surface area contributed by atoms with Crippen LogP contribution in [0.25, 0.3) is 0 Å². The van der Waals surface area contributed by atoms with Crippen molar-refractivity contribution in [2.75, 3.05) is 23.3 Å². The van der Waals surface area contributed by atoms with Gasteiger partial charge >= 0.3 is 6.18 Å². The number of hydrogen-bond acceptors (Lipinski definition) is 5. The Labute approximate surface area is 162 Å². The average Bonchev–Trinajstić information content (AvgIpc) is 2.72. The highest BCUT2D eigenvalue weighted by Gasteiger charge is 2.31. The van der Waals surface area contributed by atoms with Crippen LogP contribution in [0.1, 0.15) is 48.9 Å². The number of pyridine rings is 1. The van der Waals surface area contributed by atoms with Gasteiger partial charge in [-0.15, -0.1) is 0 Å². The summed E-state index contributed by atoms with van der Waals surface area (Å²) >= 11 is 0. The molecule has 2 aliphatic rings. The molecule has 0 saturated heterocycles. The zero-order valence-electron chi connectivity index (χ0n) is 15.7. The highest BCUT2D eigenvalue weighted by Crippen LogP contribution is 2.31. The van der Waals surface area contributed by atoms with Crippen LogP contribution >= 0.6 is 0 Å². The number of hydrogen-bond donors (Lipinski definition) is 1. The smallest absolute Gasteiger partial charge is 0.369 e. The van der Waals surface area contributed by atoms with Gasteiger partial charge in [-0.3, -0.25) is 0 Å². The number of nitrogens with one attached hydrogen (secondary N) is 1. The van der Waals surface area contributed by atoms with Gasteiger partial charge in [0.25, 0.3) is 0 Å². The molecule has 0 aromatic carbocycles. The van der Waals surface area contributed by atoms with Gasteiger partial charge in [-0.1, -0.05) is 19.3 Å². The Morgan fingerprint density at radius 3 is 2.61 bits per heavy atom. The van der Waals surface area contributed by atoms with Crippen molar-refractivity contribution in [2.45, 2.75) is 51.2 Å². The van der Waals surface area contributed by atoms with Crippen molar-refractivity contribution in [2.24, 2.45) is 5.92 Å². The van der Waals surface area contributed by atoms with Crippen molar-refractivity contribution in [3.8, 4) is 0 Å². The van der Waals surface area contributed by atoms with E-state index in [2.05, 4.69) is 20.3 Å². The molecule has 1 aliphatic carbocycles. The number of nitrogens with zero attached hydrogens (tertiary/aromatic N) is 4. The van der Waals surface area contributed by atoms with Crippen LogP contribution in [0.5, 0.6) is 0 Å². The normalized spacial score (nSPS) is 18.0. The molecule has 2 aromatic heterocycles. The summed E-state index contributed by atoms with van der Waals surface area (Å²) in [6.45, 7) is 2.12. The molecular weight excluding hydrogens is 367 g/mol. The standard InChI is InChI=1S/C20H24F3N5/c21-20(22,23)15-6-7-18(24-11-15)28-9-8-17-16(12-28)19(27-13-26-17)25-10-14-4-2-1-3-5-14/h6-7,11,13-14H,1-5,8-10,12H2,(H,25,26,27). The van der Waals surface area contributed by atoms with E-state index >= 15 is 0 Å². The number of alkyl halides is 3. The lowest BCUT2D eigenvalue weighted by Crippen LogP contribution is -2.33. The number of rotatable bonds is 4. The number of fused-ring (bicyclic) bond motifs is 1. The van der Waals surface area contributed by atoms with Crippen LogP contribution in [-0.4, -0.2) is 28.0 Å². The van der Waals surface area contributed by atoms with E-state index in [9.17, 15) is 13.2 Å². The van der Waals surface area contributed by atoms with Crippen molar-refractivity contribution < 1.29 is 13.2 Å². The fourth-order valence-electron chi connectivity index (χ4n) is 4.06. The largest absolute Gasteiger partial charge is 0.417 e. The number of anilines is 2. The molecule has 5 nitrogen and oxygen atoms in total. The van der Waals surface area contributed by atoms with E-state index in [-0.39, 0.29) is 0 Å². The van der Waals surface area contributed by atoms with Crippen LogP contribution in [0.4, 0.5) is 24.8 Å². The second kappa shape index (κ2) is 7.93. The van der Waals surface area contributed by atoms with Gasteiger partial charge in [0, 0.05) is 37.8 Å². The minimum Gasteiger partial charge on any atom is -0.369 e.